The van der Waals surface area contributed by atoms with Gasteiger partial charge in [0.25, 0.3) is 10.0 Å². The van der Waals surface area contributed by atoms with Gasteiger partial charge in [0.15, 0.2) is 0 Å². The summed E-state index contributed by atoms with van der Waals surface area (Å²) in [6, 6.07) is 3.20. The van der Waals surface area contributed by atoms with Crippen LogP contribution in [0.15, 0.2) is 21.7 Å². The first-order chi connectivity index (χ1) is 10.0. The molecule has 1 saturated heterocycles. The third-order valence-corrected chi connectivity index (χ3v) is 6.43. The minimum atomic E-state index is -3.56. The number of nitrogens with one attached hydrogen (secondary N) is 2. The highest BCUT2D eigenvalue weighted by atomic mass is 32.2. The van der Waals surface area contributed by atoms with Gasteiger partial charge >= 0.3 is 0 Å². The molecular weight excluding hydrogens is 310 g/mol. The van der Waals surface area contributed by atoms with Gasteiger partial charge in [-0.3, -0.25) is 4.79 Å². The van der Waals surface area contributed by atoms with E-state index in [0.717, 1.165) is 30.7 Å². The van der Waals surface area contributed by atoms with E-state index in [-0.39, 0.29) is 16.7 Å². The van der Waals surface area contributed by atoms with Crippen LogP contribution in [0.2, 0.25) is 0 Å². The molecule has 1 aliphatic rings. The monoisotopic (exact) mass is 331 g/mol. The third-order valence-electron chi connectivity index (χ3n) is 3.63. The molecule has 1 aromatic rings. The van der Waals surface area contributed by atoms with Crippen LogP contribution >= 0.6 is 11.3 Å². The fourth-order valence-corrected chi connectivity index (χ4v) is 4.44. The van der Waals surface area contributed by atoms with E-state index >= 15 is 0 Å². The molecule has 1 fully saturated rings. The van der Waals surface area contributed by atoms with E-state index in [2.05, 4.69) is 10.0 Å². The number of piperidine rings is 1. The molecule has 0 bridgehead atoms. The fraction of sp³-hybridized carbons (Fsp3) is 0.615. The fourth-order valence-electron chi connectivity index (χ4n) is 2.43. The molecule has 0 saturated carbocycles. The average Bonchev–Trinajstić information content (AvgIpc) is 3.01. The van der Waals surface area contributed by atoms with Crippen LogP contribution < -0.4 is 10.0 Å². The summed E-state index contributed by atoms with van der Waals surface area (Å²) >= 11 is 1.14. The summed E-state index contributed by atoms with van der Waals surface area (Å²) in [6.07, 6.45) is 1.93. The first-order valence-electron chi connectivity index (χ1n) is 6.98. The Morgan fingerprint density at radius 3 is 2.71 bits per heavy atom. The van der Waals surface area contributed by atoms with E-state index in [1.807, 2.05) is 7.05 Å². The van der Waals surface area contributed by atoms with Crippen LogP contribution in [0.4, 0.5) is 0 Å². The van der Waals surface area contributed by atoms with Crippen molar-refractivity contribution in [2.45, 2.75) is 17.1 Å². The lowest BCUT2D eigenvalue weighted by molar-refractivity contribution is -0.131. The molecule has 0 radical (unpaired) electrons. The minimum absolute atomic E-state index is 0.155. The molecule has 0 atom stereocenters. The number of hydrogen-bond acceptors (Lipinski definition) is 5. The highest BCUT2D eigenvalue weighted by Gasteiger charge is 2.24. The molecule has 118 valence electrons. The largest absolute Gasteiger partial charge is 0.342 e. The van der Waals surface area contributed by atoms with E-state index in [1.165, 1.54) is 6.07 Å². The standard InChI is InChI=1S/C13H21N3O3S2/c1-14-9-11-4-6-16(7-5-11)12(17)10-15-21(18,19)13-3-2-8-20-13/h2-3,8,11,14-15H,4-7,9-10H2,1H3. The summed E-state index contributed by atoms with van der Waals surface area (Å²) in [5.41, 5.74) is 0. The molecule has 0 aliphatic carbocycles. The number of thiophene rings is 1. The maximum atomic E-state index is 12.1. The highest BCUT2D eigenvalue weighted by molar-refractivity contribution is 7.91. The number of carbonyl (C=O) groups excluding carboxylic acids is 1. The lowest BCUT2D eigenvalue weighted by atomic mass is 9.97. The van der Waals surface area contributed by atoms with Crippen molar-refractivity contribution in [2.75, 3.05) is 33.2 Å². The maximum Gasteiger partial charge on any atom is 0.250 e. The molecule has 1 aliphatic heterocycles. The first-order valence-corrected chi connectivity index (χ1v) is 9.35. The van der Waals surface area contributed by atoms with Crippen molar-refractivity contribution >= 4 is 27.3 Å². The highest BCUT2D eigenvalue weighted by Crippen LogP contribution is 2.17. The summed E-state index contributed by atoms with van der Waals surface area (Å²) in [4.78, 5) is 13.8. The summed E-state index contributed by atoms with van der Waals surface area (Å²) in [5, 5.41) is 4.85. The van der Waals surface area contributed by atoms with E-state index < -0.39 is 10.0 Å². The van der Waals surface area contributed by atoms with Gasteiger partial charge in [-0.2, -0.15) is 0 Å². The Kier molecular flexibility index (Phi) is 5.74. The molecule has 1 aromatic heterocycles. The van der Waals surface area contributed by atoms with Gasteiger partial charge in [-0.1, -0.05) is 6.07 Å². The van der Waals surface area contributed by atoms with Gasteiger partial charge in [0.05, 0.1) is 6.54 Å². The van der Waals surface area contributed by atoms with Crippen LogP contribution in [0, 0.1) is 5.92 Å². The Morgan fingerprint density at radius 1 is 1.43 bits per heavy atom. The predicted molar refractivity (Wildman–Crippen MR) is 82.7 cm³/mol. The lowest BCUT2D eigenvalue weighted by Gasteiger charge is -2.32. The topological polar surface area (TPSA) is 78.5 Å². The number of carbonyl (C=O) groups is 1. The van der Waals surface area contributed by atoms with E-state index in [9.17, 15) is 13.2 Å². The molecule has 0 spiro atoms. The summed E-state index contributed by atoms with van der Waals surface area (Å²) in [7, 11) is -1.63. The Balaban J connectivity index is 1.81. The molecule has 2 N–H and O–H groups in total. The molecule has 0 unspecified atom stereocenters. The molecule has 21 heavy (non-hydrogen) atoms. The van der Waals surface area contributed by atoms with Crippen molar-refractivity contribution in [3.05, 3.63) is 17.5 Å². The Hall–Kier alpha value is -0.960. The summed E-state index contributed by atoms with van der Waals surface area (Å²) in [6.45, 7) is 2.20. The van der Waals surface area contributed by atoms with Crippen LogP contribution in [0.25, 0.3) is 0 Å². The van der Waals surface area contributed by atoms with Gasteiger partial charge in [-0.25, -0.2) is 13.1 Å². The van der Waals surface area contributed by atoms with Gasteiger partial charge < -0.3 is 10.2 Å². The van der Waals surface area contributed by atoms with Crippen molar-refractivity contribution in [2.24, 2.45) is 5.92 Å². The molecule has 2 heterocycles. The maximum absolute atomic E-state index is 12.1. The number of likely N-dealkylation sites (tertiary alicyclic amines) is 1. The zero-order valence-corrected chi connectivity index (χ0v) is 13.7. The smallest absolute Gasteiger partial charge is 0.250 e. The molecule has 0 aromatic carbocycles. The molecule has 2 rings (SSSR count). The number of nitrogens with zero attached hydrogens (tertiary/aromatic N) is 1. The Labute approximate surface area is 129 Å². The zero-order valence-electron chi connectivity index (χ0n) is 12.0. The average molecular weight is 331 g/mol. The van der Waals surface area contributed by atoms with Gasteiger partial charge in [0.1, 0.15) is 4.21 Å². The van der Waals surface area contributed by atoms with E-state index in [0.29, 0.717) is 19.0 Å². The minimum Gasteiger partial charge on any atom is -0.342 e. The van der Waals surface area contributed by atoms with E-state index in [4.69, 9.17) is 0 Å². The molecular formula is C13H21N3O3S2. The molecule has 8 heteroatoms. The third kappa shape index (κ3) is 4.50. The van der Waals surface area contributed by atoms with Crippen molar-refractivity contribution in [3.8, 4) is 0 Å². The first kappa shape index (κ1) is 16.4. The quantitative estimate of drug-likeness (QED) is 0.795. The van der Waals surface area contributed by atoms with Gasteiger partial charge in [-0.05, 0) is 43.8 Å². The van der Waals surface area contributed by atoms with Crippen LogP contribution in [0.5, 0.6) is 0 Å². The van der Waals surface area contributed by atoms with Crippen molar-refractivity contribution in [1.82, 2.24) is 14.9 Å². The van der Waals surface area contributed by atoms with Crippen LogP contribution in [0.3, 0.4) is 0 Å². The summed E-state index contributed by atoms with van der Waals surface area (Å²) < 4.78 is 26.5. The Morgan fingerprint density at radius 2 is 2.14 bits per heavy atom. The van der Waals surface area contributed by atoms with Crippen LogP contribution in [-0.2, 0) is 14.8 Å². The van der Waals surface area contributed by atoms with Crippen molar-refractivity contribution < 1.29 is 13.2 Å². The second-order valence-electron chi connectivity index (χ2n) is 5.14. The second-order valence-corrected chi connectivity index (χ2v) is 8.08. The predicted octanol–water partition coefficient (Wildman–Crippen LogP) is 0.484. The van der Waals surface area contributed by atoms with Crippen molar-refractivity contribution in [1.29, 1.82) is 0 Å². The van der Waals surface area contributed by atoms with Crippen LogP contribution in [0.1, 0.15) is 12.8 Å². The number of rotatable bonds is 6. The van der Waals surface area contributed by atoms with Crippen molar-refractivity contribution in [3.63, 3.8) is 0 Å². The SMILES string of the molecule is CNCC1CCN(C(=O)CNS(=O)(=O)c2cccs2)CC1. The molecule has 6 nitrogen and oxygen atoms in total. The molecule has 1 amide bonds. The van der Waals surface area contributed by atoms with Gasteiger partial charge in [0.2, 0.25) is 5.91 Å². The van der Waals surface area contributed by atoms with Gasteiger partial charge in [-0.15, -0.1) is 11.3 Å². The number of amides is 1. The van der Waals surface area contributed by atoms with Crippen LogP contribution in [-0.4, -0.2) is 52.5 Å². The van der Waals surface area contributed by atoms with Gasteiger partial charge in [0, 0.05) is 13.1 Å². The lowest BCUT2D eigenvalue weighted by Crippen LogP contribution is -2.45. The van der Waals surface area contributed by atoms with E-state index in [1.54, 1.807) is 16.3 Å². The second kappa shape index (κ2) is 7.35. The normalized spacial score (nSPS) is 17.1. The zero-order chi connectivity index (χ0) is 15.3. The summed E-state index contributed by atoms with van der Waals surface area (Å²) in [5.74, 6) is 0.444. The number of hydrogen-bond donors (Lipinski definition) is 2. The Bertz CT molecular complexity index is 549. The number of sulfonamides is 1.